The van der Waals surface area contributed by atoms with Crippen LogP contribution in [0.25, 0.3) is 75.5 Å². The first-order chi connectivity index (χ1) is 25.3. The molecule has 0 N–H and O–H groups in total. The van der Waals surface area contributed by atoms with E-state index in [0.29, 0.717) is 0 Å². The highest BCUT2D eigenvalue weighted by Gasteiger charge is 2.22. The van der Waals surface area contributed by atoms with Crippen molar-refractivity contribution in [3.63, 3.8) is 0 Å². The third-order valence-corrected chi connectivity index (χ3v) is 11.1. The minimum absolute atomic E-state index is 0.865. The molecule has 0 unspecified atom stereocenters. The van der Waals surface area contributed by atoms with Crippen molar-refractivity contribution in [2.75, 3.05) is 4.90 Å². The lowest BCUT2D eigenvalue weighted by Crippen LogP contribution is -2.10. The topological polar surface area (TPSA) is 16.4 Å². The lowest BCUT2D eigenvalue weighted by molar-refractivity contribution is 0.670. The fraction of sp³-hybridized carbons (Fsp3) is 0. The zero-order valence-electron chi connectivity index (χ0n) is 27.7. The zero-order chi connectivity index (χ0) is 33.7. The maximum Gasteiger partial charge on any atom is 0.159 e. The van der Waals surface area contributed by atoms with Crippen LogP contribution in [0, 0.1) is 0 Å². The molecule has 10 aromatic rings. The summed E-state index contributed by atoms with van der Waals surface area (Å²) in [5.41, 5.74) is 12.0. The summed E-state index contributed by atoms with van der Waals surface area (Å²) in [5.74, 6) is 0. The Bertz CT molecular complexity index is 2840. The van der Waals surface area contributed by atoms with Crippen LogP contribution in [0.5, 0.6) is 0 Å². The molecule has 3 heteroatoms. The Balaban J connectivity index is 1.19. The molecular weight excluding hydrogens is 639 g/mol. The number of rotatable bonds is 6. The molecule has 0 atom stereocenters. The van der Waals surface area contributed by atoms with Gasteiger partial charge in [-0.1, -0.05) is 152 Å². The maximum absolute atomic E-state index is 6.95. The van der Waals surface area contributed by atoms with E-state index in [1.165, 1.54) is 42.4 Å². The van der Waals surface area contributed by atoms with Gasteiger partial charge >= 0.3 is 0 Å². The molecule has 0 aliphatic carbocycles. The summed E-state index contributed by atoms with van der Waals surface area (Å²) >= 11 is 1.86. The molecule has 0 radical (unpaired) electrons. The normalized spacial score (nSPS) is 11.5. The Morgan fingerprint density at radius 2 is 0.922 bits per heavy atom. The van der Waals surface area contributed by atoms with Gasteiger partial charge in [-0.05, 0) is 64.2 Å². The van der Waals surface area contributed by atoms with Gasteiger partial charge in [-0.2, -0.15) is 0 Å². The van der Waals surface area contributed by atoms with Crippen LogP contribution >= 0.6 is 11.3 Å². The molecule has 0 spiro atoms. The van der Waals surface area contributed by atoms with E-state index in [1.54, 1.807) is 0 Å². The third-order valence-electron chi connectivity index (χ3n) is 9.89. The molecule has 0 bridgehead atoms. The minimum atomic E-state index is 0.865. The Kier molecular flexibility index (Phi) is 7.04. The summed E-state index contributed by atoms with van der Waals surface area (Å²) in [6, 6.07) is 67.2. The molecule has 0 fully saturated rings. The van der Waals surface area contributed by atoms with Gasteiger partial charge in [-0.3, -0.25) is 0 Å². The Morgan fingerprint density at radius 1 is 0.373 bits per heavy atom. The summed E-state index contributed by atoms with van der Waals surface area (Å²) in [6.45, 7) is 0. The van der Waals surface area contributed by atoms with Crippen LogP contribution < -0.4 is 4.90 Å². The van der Waals surface area contributed by atoms with E-state index < -0.39 is 0 Å². The third kappa shape index (κ3) is 5.01. The summed E-state index contributed by atoms with van der Waals surface area (Å²) < 4.78 is 9.53. The fourth-order valence-electron chi connectivity index (χ4n) is 7.46. The van der Waals surface area contributed by atoms with Crippen molar-refractivity contribution in [2.45, 2.75) is 0 Å². The number of hydrogen-bond acceptors (Lipinski definition) is 3. The highest BCUT2D eigenvalue weighted by Crippen LogP contribution is 2.47. The highest BCUT2D eigenvalue weighted by molar-refractivity contribution is 7.26. The number of para-hydroxylation sites is 2. The number of hydrogen-bond donors (Lipinski definition) is 0. The van der Waals surface area contributed by atoms with Crippen LogP contribution in [0.15, 0.2) is 192 Å². The van der Waals surface area contributed by atoms with Crippen molar-refractivity contribution in [3.05, 3.63) is 188 Å². The molecule has 10 rings (SSSR count). The Morgan fingerprint density at radius 3 is 1.63 bits per heavy atom. The van der Waals surface area contributed by atoms with Gasteiger partial charge < -0.3 is 9.32 Å². The quantitative estimate of drug-likeness (QED) is 0.175. The molecule has 240 valence electrons. The second-order valence-corrected chi connectivity index (χ2v) is 13.9. The van der Waals surface area contributed by atoms with Crippen LogP contribution in [-0.4, -0.2) is 0 Å². The standard InChI is InChI=1S/C48H31NOS/c1-4-13-32(14-5-1)33-25-27-36(28-26-33)49(37-29-30-45-43(31-37)42-23-11-20-39(48(42)51-45)35-17-8-3-9-18-35)44-24-12-22-41-40-21-10-19-38(46(40)50-47(41)44)34-15-6-2-7-16-34/h1-31H. The largest absolute Gasteiger partial charge is 0.453 e. The second-order valence-electron chi connectivity index (χ2n) is 12.9. The van der Waals surface area contributed by atoms with Crippen molar-refractivity contribution in [2.24, 2.45) is 0 Å². The smallest absolute Gasteiger partial charge is 0.159 e. The highest BCUT2D eigenvalue weighted by atomic mass is 32.1. The van der Waals surface area contributed by atoms with Gasteiger partial charge in [0.1, 0.15) is 5.58 Å². The summed E-state index contributed by atoms with van der Waals surface area (Å²) in [4.78, 5) is 2.35. The zero-order valence-corrected chi connectivity index (χ0v) is 28.5. The van der Waals surface area contributed by atoms with Gasteiger partial charge in [0.25, 0.3) is 0 Å². The average molecular weight is 670 g/mol. The van der Waals surface area contributed by atoms with E-state index in [-0.39, 0.29) is 0 Å². The summed E-state index contributed by atoms with van der Waals surface area (Å²) in [7, 11) is 0. The molecular formula is C48H31NOS. The lowest BCUT2D eigenvalue weighted by Gasteiger charge is -2.26. The first kappa shape index (κ1) is 29.5. The van der Waals surface area contributed by atoms with Gasteiger partial charge in [0.2, 0.25) is 0 Å². The van der Waals surface area contributed by atoms with Gasteiger partial charge in [-0.25, -0.2) is 0 Å². The predicted molar refractivity (Wildman–Crippen MR) is 218 cm³/mol. The van der Waals surface area contributed by atoms with E-state index in [9.17, 15) is 0 Å². The second kappa shape index (κ2) is 12.2. The molecule has 0 aliphatic rings. The molecule has 2 nitrogen and oxygen atoms in total. The number of fused-ring (bicyclic) bond motifs is 6. The molecule has 0 amide bonds. The first-order valence-corrected chi connectivity index (χ1v) is 18.1. The van der Waals surface area contributed by atoms with Crippen molar-refractivity contribution in [1.82, 2.24) is 0 Å². The number of thiophene rings is 1. The molecule has 2 aromatic heterocycles. The number of anilines is 3. The minimum Gasteiger partial charge on any atom is -0.453 e. The van der Waals surface area contributed by atoms with Gasteiger partial charge in [0, 0.05) is 47.9 Å². The van der Waals surface area contributed by atoms with E-state index in [2.05, 4.69) is 193 Å². The van der Waals surface area contributed by atoms with Crippen molar-refractivity contribution in [1.29, 1.82) is 0 Å². The maximum atomic E-state index is 6.95. The number of nitrogens with zero attached hydrogens (tertiary/aromatic N) is 1. The molecule has 51 heavy (non-hydrogen) atoms. The van der Waals surface area contributed by atoms with E-state index in [4.69, 9.17) is 4.42 Å². The van der Waals surface area contributed by atoms with Gasteiger partial charge in [0.05, 0.1) is 5.69 Å². The Hall–Kier alpha value is -6.42. The van der Waals surface area contributed by atoms with Crippen LogP contribution in [0.3, 0.4) is 0 Å². The van der Waals surface area contributed by atoms with E-state index >= 15 is 0 Å². The lowest BCUT2D eigenvalue weighted by atomic mass is 10.0. The number of furan rings is 1. The van der Waals surface area contributed by atoms with E-state index in [0.717, 1.165) is 50.1 Å². The average Bonchev–Trinajstić information content (AvgIpc) is 3.78. The van der Waals surface area contributed by atoms with Crippen LogP contribution in [0.4, 0.5) is 17.1 Å². The molecule has 8 aromatic carbocycles. The van der Waals surface area contributed by atoms with Crippen molar-refractivity contribution < 1.29 is 4.42 Å². The number of benzene rings is 8. The predicted octanol–water partition coefficient (Wildman–Crippen LogP) is 14.4. The van der Waals surface area contributed by atoms with Gasteiger partial charge in [-0.15, -0.1) is 11.3 Å². The van der Waals surface area contributed by atoms with E-state index in [1.807, 2.05) is 11.3 Å². The molecule has 0 saturated carbocycles. The SMILES string of the molecule is c1ccc(-c2ccc(N(c3ccc4sc5c(-c6ccccc6)cccc5c4c3)c3cccc4c3oc3c(-c5ccccc5)cccc34)cc2)cc1. The summed E-state index contributed by atoms with van der Waals surface area (Å²) in [6.07, 6.45) is 0. The van der Waals surface area contributed by atoms with Crippen LogP contribution in [0.2, 0.25) is 0 Å². The van der Waals surface area contributed by atoms with Gasteiger partial charge in [0.15, 0.2) is 5.58 Å². The molecule has 0 aliphatic heterocycles. The van der Waals surface area contributed by atoms with Crippen molar-refractivity contribution >= 4 is 70.5 Å². The molecule has 2 heterocycles. The van der Waals surface area contributed by atoms with Crippen LogP contribution in [0.1, 0.15) is 0 Å². The summed E-state index contributed by atoms with van der Waals surface area (Å²) in [5, 5.41) is 4.73. The van der Waals surface area contributed by atoms with Crippen molar-refractivity contribution in [3.8, 4) is 33.4 Å². The fourth-order valence-corrected chi connectivity index (χ4v) is 8.68. The van der Waals surface area contributed by atoms with Crippen LogP contribution in [-0.2, 0) is 0 Å². The Labute approximate surface area is 300 Å². The monoisotopic (exact) mass is 669 g/mol. The molecule has 0 saturated heterocycles. The first-order valence-electron chi connectivity index (χ1n) is 17.3.